The lowest BCUT2D eigenvalue weighted by Crippen LogP contribution is -2.20. The predicted molar refractivity (Wildman–Crippen MR) is 119 cm³/mol. The summed E-state index contributed by atoms with van der Waals surface area (Å²) in [5, 5.41) is 0. The third-order valence-corrected chi connectivity index (χ3v) is 7.14. The van der Waals surface area contributed by atoms with Crippen molar-refractivity contribution in [2.45, 2.75) is 33.6 Å². The molecule has 0 N–H and O–H groups in total. The Labute approximate surface area is 188 Å². The lowest BCUT2D eigenvalue weighted by Gasteiger charge is -2.12. The Bertz CT molecular complexity index is 1090. The average molecular weight is 483 g/mol. The second-order valence-electron chi connectivity index (χ2n) is 7.58. The Kier molecular flexibility index (Phi) is 8.57. The maximum atomic E-state index is 12.1. The fourth-order valence-corrected chi connectivity index (χ4v) is 5.03. The number of benzene rings is 2. The van der Waals surface area contributed by atoms with E-state index in [1.165, 1.54) is 12.1 Å². The number of rotatable bonds is 10. The lowest BCUT2D eigenvalue weighted by molar-refractivity contribution is 0.0734. The molecule has 8 nitrogen and oxygen atoms in total. The minimum atomic E-state index is -4.14. The quantitative estimate of drug-likeness (QED) is 0.473. The number of aryl methyl sites for hydroxylation is 2. The van der Waals surface area contributed by atoms with Crippen molar-refractivity contribution < 1.29 is 34.8 Å². The molecule has 0 atom stereocenters. The van der Waals surface area contributed by atoms with E-state index in [1.54, 1.807) is 57.2 Å². The monoisotopic (exact) mass is 482 g/mol. The minimum Gasteiger partial charge on any atom is -0.341 e. The van der Waals surface area contributed by atoms with Gasteiger partial charge in [0.25, 0.3) is 0 Å². The van der Waals surface area contributed by atoms with Gasteiger partial charge in [-0.2, -0.15) is 16.8 Å². The van der Waals surface area contributed by atoms with Crippen molar-refractivity contribution in [3.05, 3.63) is 70.8 Å². The summed E-state index contributed by atoms with van der Waals surface area (Å²) >= 11 is 0. The van der Waals surface area contributed by atoms with E-state index < -0.39 is 43.7 Å². The number of hydrogen-bond donors (Lipinski definition) is 0. The number of carbonyl (C=O) groups excluding carboxylic acids is 2. The van der Waals surface area contributed by atoms with Crippen molar-refractivity contribution in [3.8, 4) is 0 Å². The van der Waals surface area contributed by atoms with Crippen LogP contribution in [0.25, 0.3) is 0 Å². The summed E-state index contributed by atoms with van der Waals surface area (Å²) < 4.78 is 57.9. The molecule has 0 fully saturated rings. The van der Waals surface area contributed by atoms with E-state index in [0.29, 0.717) is 11.1 Å². The summed E-state index contributed by atoms with van der Waals surface area (Å²) in [6.07, 6.45) is 0.148. The summed E-state index contributed by atoms with van der Waals surface area (Å²) in [4.78, 5) is 24.2. The highest BCUT2D eigenvalue weighted by Crippen LogP contribution is 2.16. The van der Waals surface area contributed by atoms with Gasteiger partial charge in [-0.3, -0.25) is 0 Å². The van der Waals surface area contributed by atoms with Gasteiger partial charge in [0, 0.05) is 0 Å². The molecule has 2 aromatic carbocycles. The zero-order chi connectivity index (χ0) is 23.9. The molecule has 2 rings (SSSR count). The standard InChI is InChI=1S/C22H26O8S2/c1-16(12-14-31(25,26)29-21(23)19-10-6-4-8-17(19)2)13-15-32(27,28)30-22(24)20-11-7-5-9-18(20)3/h4-11,16H,12-15H2,1-3H3. The molecule has 0 bridgehead atoms. The van der Waals surface area contributed by atoms with Gasteiger partial charge < -0.3 is 8.37 Å². The summed E-state index contributed by atoms with van der Waals surface area (Å²) in [7, 11) is -8.28. The second kappa shape index (κ2) is 10.7. The number of hydrogen-bond acceptors (Lipinski definition) is 8. The molecule has 0 amide bonds. The van der Waals surface area contributed by atoms with E-state index in [1.807, 2.05) is 0 Å². The zero-order valence-electron chi connectivity index (χ0n) is 18.1. The molecule has 2 aromatic rings. The van der Waals surface area contributed by atoms with Crippen LogP contribution in [0.15, 0.2) is 48.5 Å². The van der Waals surface area contributed by atoms with Gasteiger partial charge in [0.2, 0.25) is 0 Å². The van der Waals surface area contributed by atoms with Gasteiger partial charge in [-0.1, -0.05) is 43.3 Å². The minimum absolute atomic E-state index is 0.0741. The fraction of sp³-hybridized carbons (Fsp3) is 0.364. The van der Waals surface area contributed by atoms with Crippen LogP contribution in [0.1, 0.15) is 51.6 Å². The second-order valence-corrected chi connectivity index (χ2v) is 11.0. The molecular weight excluding hydrogens is 456 g/mol. The van der Waals surface area contributed by atoms with E-state index in [2.05, 4.69) is 8.37 Å². The maximum Gasteiger partial charge on any atom is 0.354 e. The van der Waals surface area contributed by atoms with Crippen LogP contribution in [0.5, 0.6) is 0 Å². The summed E-state index contributed by atoms with van der Waals surface area (Å²) in [6.45, 7) is 4.99. The fourth-order valence-electron chi connectivity index (χ4n) is 2.84. The summed E-state index contributed by atoms with van der Waals surface area (Å²) in [5.41, 5.74) is 1.49. The van der Waals surface area contributed by atoms with E-state index in [0.717, 1.165) is 0 Å². The highest BCUT2D eigenvalue weighted by atomic mass is 32.2. The van der Waals surface area contributed by atoms with Crippen molar-refractivity contribution in [2.75, 3.05) is 11.5 Å². The predicted octanol–water partition coefficient (Wildman–Crippen LogP) is 3.39. The van der Waals surface area contributed by atoms with Crippen molar-refractivity contribution >= 4 is 32.2 Å². The molecule has 32 heavy (non-hydrogen) atoms. The van der Waals surface area contributed by atoms with E-state index in [9.17, 15) is 26.4 Å². The highest BCUT2D eigenvalue weighted by molar-refractivity contribution is 7.87. The van der Waals surface area contributed by atoms with Crippen LogP contribution < -0.4 is 0 Å². The first-order valence-electron chi connectivity index (χ1n) is 9.94. The Balaban J connectivity index is 1.84. The van der Waals surface area contributed by atoms with Gasteiger partial charge in [0.05, 0.1) is 22.6 Å². The Morgan fingerprint density at radius 1 is 0.719 bits per heavy atom. The van der Waals surface area contributed by atoms with Crippen LogP contribution in [-0.4, -0.2) is 40.3 Å². The largest absolute Gasteiger partial charge is 0.354 e. The molecule has 0 saturated carbocycles. The van der Waals surface area contributed by atoms with Gasteiger partial charge in [-0.05, 0) is 55.9 Å². The molecule has 0 unspecified atom stereocenters. The molecule has 10 heteroatoms. The molecule has 0 aliphatic rings. The Hall–Kier alpha value is -2.72. The van der Waals surface area contributed by atoms with Crippen molar-refractivity contribution in [1.29, 1.82) is 0 Å². The lowest BCUT2D eigenvalue weighted by atomic mass is 10.1. The zero-order valence-corrected chi connectivity index (χ0v) is 19.7. The van der Waals surface area contributed by atoms with Gasteiger partial charge >= 0.3 is 32.2 Å². The van der Waals surface area contributed by atoms with Crippen molar-refractivity contribution in [2.24, 2.45) is 5.92 Å². The van der Waals surface area contributed by atoms with Crippen LogP contribution in [0.2, 0.25) is 0 Å². The third kappa shape index (κ3) is 7.76. The molecule has 0 heterocycles. The first-order chi connectivity index (χ1) is 14.9. The van der Waals surface area contributed by atoms with Gasteiger partial charge in [-0.15, -0.1) is 0 Å². The molecule has 0 radical (unpaired) electrons. The van der Waals surface area contributed by atoms with Crippen molar-refractivity contribution in [1.82, 2.24) is 0 Å². The smallest absolute Gasteiger partial charge is 0.341 e. The van der Waals surface area contributed by atoms with E-state index >= 15 is 0 Å². The molecule has 0 aliphatic carbocycles. The van der Waals surface area contributed by atoms with Gasteiger partial charge in [0.1, 0.15) is 0 Å². The van der Waals surface area contributed by atoms with Crippen LogP contribution in [-0.2, 0) is 28.6 Å². The first kappa shape index (κ1) is 25.5. The molecule has 174 valence electrons. The van der Waals surface area contributed by atoms with Crippen LogP contribution in [0.3, 0.4) is 0 Å². The van der Waals surface area contributed by atoms with Gasteiger partial charge in [-0.25, -0.2) is 9.59 Å². The molecule has 0 saturated heterocycles. The first-order valence-corrected chi connectivity index (χ1v) is 13.1. The average Bonchev–Trinajstić information content (AvgIpc) is 2.71. The summed E-state index contributed by atoms with van der Waals surface area (Å²) in [5.74, 6) is -3.15. The molecular formula is C22H26O8S2. The molecule has 0 aromatic heterocycles. The summed E-state index contributed by atoms with van der Waals surface area (Å²) in [6, 6.07) is 12.9. The Morgan fingerprint density at radius 3 is 1.41 bits per heavy atom. The SMILES string of the molecule is Cc1ccccc1C(=O)OS(=O)(=O)CCC(C)CCS(=O)(=O)OC(=O)c1ccccc1C. The highest BCUT2D eigenvalue weighted by Gasteiger charge is 2.23. The van der Waals surface area contributed by atoms with E-state index in [4.69, 9.17) is 0 Å². The van der Waals surface area contributed by atoms with Crippen molar-refractivity contribution in [3.63, 3.8) is 0 Å². The van der Waals surface area contributed by atoms with Crippen LogP contribution >= 0.6 is 0 Å². The Morgan fingerprint density at radius 2 is 1.06 bits per heavy atom. The van der Waals surface area contributed by atoms with Crippen LogP contribution in [0.4, 0.5) is 0 Å². The van der Waals surface area contributed by atoms with Gasteiger partial charge in [0.15, 0.2) is 0 Å². The number of carbonyl (C=O) groups is 2. The van der Waals surface area contributed by atoms with E-state index in [-0.39, 0.29) is 29.9 Å². The van der Waals surface area contributed by atoms with Crippen LogP contribution in [0, 0.1) is 19.8 Å². The maximum absolute atomic E-state index is 12.1. The molecule has 0 spiro atoms. The third-order valence-electron chi connectivity index (χ3n) is 4.86. The normalized spacial score (nSPS) is 11.9. The molecule has 0 aliphatic heterocycles. The topological polar surface area (TPSA) is 121 Å².